The van der Waals surface area contributed by atoms with E-state index in [-0.39, 0.29) is 29.8 Å². The van der Waals surface area contributed by atoms with Crippen LogP contribution in [0, 0.1) is 18.7 Å². The summed E-state index contributed by atoms with van der Waals surface area (Å²) in [6.45, 7) is 3.72. The predicted molar refractivity (Wildman–Crippen MR) is 129 cm³/mol. The Morgan fingerprint density at radius 1 is 1.17 bits per heavy atom. The van der Waals surface area contributed by atoms with Gasteiger partial charge in [-0.3, -0.25) is 9.59 Å². The van der Waals surface area contributed by atoms with Gasteiger partial charge in [0.1, 0.15) is 11.5 Å². The van der Waals surface area contributed by atoms with Crippen LogP contribution in [0.3, 0.4) is 0 Å². The quantitative estimate of drug-likeness (QED) is 0.436. The van der Waals surface area contributed by atoms with Crippen LogP contribution in [0.1, 0.15) is 59.9 Å². The molecule has 2 aromatic heterocycles. The summed E-state index contributed by atoms with van der Waals surface area (Å²) in [5, 5.41) is 27.9. The maximum Gasteiger partial charge on any atom is 0.270 e. The summed E-state index contributed by atoms with van der Waals surface area (Å²) < 4.78 is 13.6. The van der Waals surface area contributed by atoms with E-state index in [0.717, 1.165) is 25.7 Å². The van der Waals surface area contributed by atoms with E-state index >= 15 is 0 Å². The van der Waals surface area contributed by atoms with Crippen molar-refractivity contribution in [1.29, 1.82) is 0 Å². The van der Waals surface area contributed by atoms with E-state index in [1.807, 2.05) is 0 Å². The van der Waals surface area contributed by atoms with Crippen LogP contribution >= 0.6 is 0 Å². The Morgan fingerprint density at radius 2 is 1.94 bits per heavy atom. The zero-order valence-electron chi connectivity index (χ0n) is 20.4. The fourth-order valence-electron chi connectivity index (χ4n) is 4.49. The molecule has 0 bridgehead atoms. The molecule has 0 unspecified atom stereocenters. The van der Waals surface area contributed by atoms with E-state index in [0.29, 0.717) is 35.1 Å². The largest absolute Gasteiger partial charge is 0.392 e. The molecule has 4 rings (SSSR count). The zero-order valence-corrected chi connectivity index (χ0v) is 20.4. The summed E-state index contributed by atoms with van der Waals surface area (Å²) in [5.74, 6) is -0.0510. The molecule has 3 aromatic rings. The fourth-order valence-corrected chi connectivity index (χ4v) is 4.49. The van der Waals surface area contributed by atoms with Crippen molar-refractivity contribution in [1.82, 2.24) is 35.8 Å². The number of hydrogen-bond acceptors (Lipinski definition) is 7. The van der Waals surface area contributed by atoms with Crippen molar-refractivity contribution in [3.05, 3.63) is 58.7 Å². The molecule has 1 aliphatic rings. The smallest absolute Gasteiger partial charge is 0.270 e. The third-order valence-corrected chi connectivity index (χ3v) is 6.31. The molecule has 1 aliphatic carbocycles. The molecular formula is C25H30FN7O3. The number of nitrogens with zero attached hydrogens (tertiary/aromatic N) is 5. The number of nitrogens with one attached hydrogen (secondary N) is 2. The number of benzene rings is 1. The van der Waals surface area contributed by atoms with Crippen LogP contribution in [0.2, 0.25) is 0 Å². The lowest BCUT2D eigenvalue weighted by atomic mass is 9.86. The van der Waals surface area contributed by atoms with Gasteiger partial charge in [0.05, 0.1) is 13.2 Å². The van der Waals surface area contributed by atoms with E-state index in [1.54, 1.807) is 36.8 Å². The standard InChI is InChI=1S/C25H30FN7O3/c1-15-9-19(11-23(28-15)25(36)27-12-18-5-8-22(26)20(10-18)14-34)24-30-32-33(31-24)13-17-3-6-21(7-4-17)29-16(2)35/h5,8-11,17,21,34H,3-4,6-7,12-14H2,1-2H3,(H,27,36)(H,29,35). The molecule has 1 aromatic carbocycles. The topological polar surface area (TPSA) is 135 Å². The van der Waals surface area contributed by atoms with Gasteiger partial charge in [0.25, 0.3) is 5.91 Å². The average molecular weight is 496 g/mol. The molecule has 0 saturated heterocycles. The van der Waals surface area contributed by atoms with E-state index in [2.05, 4.69) is 31.0 Å². The predicted octanol–water partition coefficient (Wildman–Crippen LogP) is 2.30. The van der Waals surface area contributed by atoms with Crippen molar-refractivity contribution in [3.8, 4) is 11.4 Å². The van der Waals surface area contributed by atoms with Gasteiger partial charge in [-0.05, 0) is 73.6 Å². The van der Waals surface area contributed by atoms with Crippen LogP contribution in [0.25, 0.3) is 11.4 Å². The number of hydrogen-bond donors (Lipinski definition) is 3. The minimum absolute atomic E-state index is 0.00743. The number of aliphatic hydroxyl groups excluding tert-OH is 1. The first-order valence-corrected chi connectivity index (χ1v) is 12.0. The van der Waals surface area contributed by atoms with E-state index < -0.39 is 18.3 Å². The molecular weight excluding hydrogens is 465 g/mol. The van der Waals surface area contributed by atoms with Gasteiger partial charge in [0.2, 0.25) is 11.7 Å². The van der Waals surface area contributed by atoms with Crippen molar-refractivity contribution in [2.24, 2.45) is 5.92 Å². The number of amides is 2. The Kier molecular flexibility index (Phi) is 7.99. The molecule has 0 aliphatic heterocycles. The van der Waals surface area contributed by atoms with Gasteiger partial charge < -0.3 is 15.7 Å². The lowest BCUT2D eigenvalue weighted by Crippen LogP contribution is -2.36. The molecule has 1 fully saturated rings. The highest BCUT2D eigenvalue weighted by atomic mass is 19.1. The van der Waals surface area contributed by atoms with E-state index in [1.165, 1.54) is 12.1 Å². The van der Waals surface area contributed by atoms with Crippen LogP contribution < -0.4 is 10.6 Å². The number of rotatable bonds is 8. The molecule has 10 nitrogen and oxygen atoms in total. The summed E-state index contributed by atoms with van der Waals surface area (Å²) in [5.41, 5.74) is 2.32. The Hall–Kier alpha value is -3.73. The summed E-state index contributed by atoms with van der Waals surface area (Å²) in [6, 6.07) is 7.98. The van der Waals surface area contributed by atoms with Crippen molar-refractivity contribution in [2.75, 3.05) is 0 Å². The minimum Gasteiger partial charge on any atom is -0.392 e. The highest BCUT2D eigenvalue weighted by molar-refractivity contribution is 5.93. The van der Waals surface area contributed by atoms with Crippen LogP contribution in [-0.4, -0.2) is 48.2 Å². The minimum atomic E-state index is -0.490. The SMILES string of the molecule is CC(=O)NC1CCC(Cn2nnc(-c3cc(C)nc(C(=O)NCc4ccc(F)c(CO)c4)c3)n2)CC1. The van der Waals surface area contributed by atoms with Crippen LogP contribution in [0.4, 0.5) is 4.39 Å². The number of aliphatic hydroxyl groups is 1. The Bertz CT molecular complexity index is 1240. The summed E-state index contributed by atoms with van der Waals surface area (Å²) >= 11 is 0. The Labute approximate surface area is 208 Å². The molecule has 36 heavy (non-hydrogen) atoms. The highest BCUT2D eigenvalue weighted by Gasteiger charge is 2.23. The lowest BCUT2D eigenvalue weighted by molar-refractivity contribution is -0.119. The van der Waals surface area contributed by atoms with Crippen molar-refractivity contribution in [2.45, 2.75) is 65.3 Å². The zero-order chi connectivity index (χ0) is 25.7. The maximum atomic E-state index is 13.6. The lowest BCUT2D eigenvalue weighted by Gasteiger charge is -2.28. The van der Waals surface area contributed by atoms with E-state index in [4.69, 9.17) is 0 Å². The summed E-state index contributed by atoms with van der Waals surface area (Å²) in [4.78, 5) is 29.9. The first-order valence-electron chi connectivity index (χ1n) is 12.0. The summed E-state index contributed by atoms with van der Waals surface area (Å²) in [7, 11) is 0. The first kappa shape index (κ1) is 25.4. The number of aromatic nitrogens is 5. The van der Waals surface area contributed by atoms with Gasteiger partial charge in [-0.25, -0.2) is 9.37 Å². The fraction of sp³-hybridized carbons (Fsp3) is 0.440. The van der Waals surface area contributed by atoms with E-state index in [9.17, 15) is 19.1 Å². The Balaban J connectivity index is 1.38. The molecule has 0 atom stereocenters. The number of carbonyl (C=O) groups excluding carboxylic acids is 2. The Morgan fingerprint density at radius 3 is 2.67 bits per heavy atom. The van der Waals surface area contributed by atoms with Gasteiger partial charge in [0, 0.05) is 36.3 Å². The third kappa shape index (κ3) is 6.48. The first-order chi connectivity index (χ1) is 17.3. The van der Waals surface area contributed by atoms with Gasteiger partial charge in [-0.1, -0.05) is 6.07 Å². The van der Waals surface area contributed by atoms with Crippen LogP contribution in [0.15, 0.2) is 30.3 Å². The normalized spacial score (nSPS) is 17.6. The maximum absolute atomic E-state index is 13.6. The van der Waals surface area contributed by atoms with Crippen LogP contribution in [0.5, 0.6) is 0 Å². The molecule has 2 heterocycles. The average Bonchev–Trinajstić information content (AvgIpc) is 3.32. The molecule has 0 spiro atoms. The second-order valence-electron chi connectivity index (χ2n) is 9.24. The number of carbonyl (C=O) groups is 2. The molecule has 1 saturated carbocycles. The second kappa shape index (κ2) is 11.3. The molecule has 0 radical (unpaired) electrons. The third-order valence-electron chi connectivity index (χ3n) is 6.31. The number of aryl methyl sites for hydroxylation is 1. The monoisotopic (exact) mass is 495 g/mol. The van der Waals surface area contributed by atoms with Crippen LogP contribution in [-0.2, 0) is 24.5 Å². The molecule has 190 valence electrons. The second-order valence-corrected chi connectivity index (χ2v) is 9.24. The molecule has 3 N–H and O–H groups in total. The van der Waals surface area contributed by atoms with Gasteiger partial charge >= 0.3 is 0 Å². The number of halogens is 1. The highest BCUT2D eigenvalue weighted by Crippen LogP contribution is 2.25. The molecule has 2 amide bonds. The van der Waals surface area contributed by atoms with Gasteiger partial charge in [-0.2, -0.15) is 4.80 Å². The van der Waals surface area contributed by atoms with Crippen molar-refractivity contribution in [3.63, 3.8) is 0 Å². The number of pyridine rings is 1. The van der Waals surface area contributed by atoms with Gasteiger partial charge in [0.15, 0.2) is 0 Å². The van der Waals surface area contributed by atoms with Crippen molar-refractivity contribution >= 4 is 11.8 Å². The van der Waals surface area contributed by atoms with Gasteiger partial charge in [-0.15, -0.1) is 10.2 Å². The van der Waals surface area contributed by atoms with Crippen molar-refractivity contribution < 1.29 is 19.1 Å². The summed E-state index contributed by atoms with van der Waals surface area (Å²) in [6.07, 6.45) is 3.84. The number of tetrazole rings is 1. The molecule has 11 heteroatoms.